The Bertz CT molecular complexity index is 441. The second kappa shape index (κ2) is 7.57. The Hall–Kier alpha value is -1.39. The summed E-state index contributed by atoms with van der Waals surface area (Å²) in [7, 11) is 1.49. The van der Waals surface area contributed by atoms with Crippen LogP contribution in [0.25, 0.3) is 0 Å². The highest BCUT2D eigenvalue weighted by Crippen LogP contribution is 2.27. The van der Waals surface area contributed by atoms with E-state index in [0.29, 0.717) is 6.42 Å². The third-order valence-corrected chi connectivity index (χ3v) is 4.44. The first-order valence-corrected chi connectivity index (χ1v) is 7.81. The van der Waals surface area contributed by atoms with Crippen LogP contribution in [-0.4, -0.2) is 49.7 Å². The molecule has 1 unspecified atom stereocenters. The summed E-state index contributed by atoms with van der Waals surface area (Å²) in [5, 5.41) is 3.40. The van der Waals surface area contributed by atoms with Crippen molar-refractivity contribution in [1.82, 2.24) is 10.2 Å². The minimum atomic E-state index is -0.553. The maximum atomic E-state index is 12.6. The Kier molecular flexibility index (Phi) is 5.76. The van der Waals surface area contributed by atoms with Gasteiger partial charge in [0.1, 0.15) is 5.54 Å². The minimum Gasteiger partial charge on any atom is -0.468 e. The highest BCUT2D eigenvalue weighted by atomic mass is 16.5. The van der Waals surface area contributed by atoms with Crippen LogP contribution in [0.5, 0.6) is 0 Å². The Morgan fingerprint density at radius 1 is 1.29 bits per heavy atom. The van der Waals surface area contributed by atoms with E-state index in [-0.39, 0.29) is 5.97 Å². The summed E-state index contributed by atoms with van der Waals surface area (Å²) < 4.78 is 5.17. The molecule has 0 aromatic heterocycles. The summed E-state index contributed by atoms with van der Waals surface area (Å²) in [5.41, 5.74) is 0.629. The second-order valence-corrected chi connectivity index (χ2v) is 5.63. The van der Waals surface area contributed by atoms with Gasteiger partial charge in [0.15, 0.2) is 0 Å². The molecule has 1 aliphatic rings. The average Bonchev–Trinajstić information content (AvgIpc) is 2.82. The topological polar surface area (TPSA) is 41.6 Å². The molecule has 0 radical (unpaired) electrons. The number of hydrogen-bond donors (Lipinski definition) is 1. The first-order valence-electron chi connectivity index (χ1n) is 7.81. The lowest BCUT2D eigenvalue weighted by Gasteiger charge is -2.40. The predicted molar refractivity (Wildman–Crippen MR) is 84.2 cm³/mol. The Morgan fingerprint density at radius 3 is 2.71 bits per heavy atom. The fraction of sp³-hybridized carbons (Fsp3) is 0.588. The molecule has 0 bridgehead atoms. The molecule has 4 nitrogen and oxygen atoms in total. The van der Waals surface area contributed by atoms with Gasteiger partial charge in [-0.25, -0.2) is 0 Å². The molecule has 21 heavy (non-hydrogen) atoms. The van der Waals surface area contributed by atoms with Crippen LogP contribution in [0.1, 0.15) is 25.3 Å². The molecule has 0 amide bonds. The van der Waals surface area contributed by atoms with E-state index in [0.717, 1.165) is 39.0 Å². The van der Waals surface area contributed by atoms with E-state index >= 15 is 0 Å². The number of nitrogens with zero attached hydrogens (tertiary/aromatic N) is 1. The van der Waals surface area contributed by atoms with Gasteiger partial charge in [-0.15, -0.1) is 0 Å². The number of hydrogen-bond acceptors (Lipinski definition) is 4. The summed E-state index contributed by atoms with van der Waals surface area (Å²) in [4.78, 5) is 14.9. The number of carbonyl (C=O) groups is 1. The lowest BCUT2D eigenvalue weighted by molar-refractivity contribution is -0.156. The Morgan fingerprint density at radius 2 is 2.05 bits per heavy atom. The summed E-state index contributed by atoms with van der Waals surface area (Å²) in [5.74, 6) is -0.115. The van der Waals surface area contributed by atoms with E-state index in [1.54, 1.807) is 0 Å². The number of ether oxygens (including phenoxy) is 1. The zero-order chi connectivity index (χ0) is 15.1. The summed E-state index contributed by atoms with van der Waals surface area (Å²) >= 11 is 0. The number of esters is 1. The quantitative estimate of drug-likeness (QED) is 0.840. The zero-order valence-electron chi connectivity index (χ0n) is 13.1. The molecule has 1 aromatic rings. The van der Waals surface area contributed by atoms with Crippen LogP contribution >= 0.6 is 0 Å². The summed E-state index contributed by atoms with van der Waals surface area (Å²) in [6.07, 6.45) is 2.53. The molecule has 116 valence electrons. The first kappa shape index (κ1) is 16.0. The van der Waals surface area contributed by atoms with E-state index in [9.17, 15) is 4.79 Å². The summed E-state index contributed by atoms with van der Waals surface area (Å²) in [6, 6.07) is 10.2. The van der Waals surface area contributed by atoms with E-state index < -0.39 is 5.54 Å². The minimum absolute atomic E-state index is 0.115. The van der Waals surface area contributed by atoms with Crippen molar-refractivity contribution in [3.63, 3.8) is 0 Å². The standard InChI is InChI=1S/C17H26N2O2/c1-3-17(16(20)21-2,14-15-8-5-4-6-9-15)19-12-7-10-18-11-13-19/h4-6,8-9,18H,3,7,10-14H2,1-2H3. The molecule has 2 rings (SSSR count). The van der Waals surface area contributed by atoms with Gasteiger partial charge in [0.05, 0.1) is 7.11 Å². The van der Waals surface area contributed by atoms with Gasteiger partial charge in [-0.2, -0.15) is 0 Å². The van der Waals surface area contributed by atoms with Crippen LogP contribution in [0.2, 0.25) is 0 Å². The molecule has 4 heteroatoms. The van der Waals surface area contributed by atoms with Crippen molar-refractivity contribution in [1.29, 1.82) is 0 Å². The average molecular weight is 290 g/mol. The first-order chi connectivity index (χ1) is 10.2. The van der Waals surface area contributed by atoms with Gasteiger partial charge in [-0.1, -0.05) is 37.3 Å². The van der Waals surface area contributed by atoms with Crippen LogP contribution in [0, 0.1) is 0 Å². The van der Waals surface area contributed by atoms with Crippen molar-refractivity contribution in [2.75, 3.05) is 33.3 Å². The third kappa shape index (κ3) is 3.63. The number of benzene rings is 1. The highest BCUT2D eigenvalue weighted by Gasteiger charge is 2.43. The van der Waals surface area contributed by atoms with Crippen molar-refractivity contribution in [3.05, 3.63) is 35.9 Å². The van der Waals surface area contributed by atoms with Crippen LogP contribution in [-0.2, 0) is 16.0 Å². The summed E-state index contributed by atoms with van der Waals surface area (Å²) in [6.45, 7) is 5.84. The van der Waals surface area contributed by atoms with Crippen LogP contribution < -0.4 is 5.32 Å². The van der Waals surface area contributed by atoms with Gasteiger partial charge < -0.3 is 10.1 Å². The van der Waals surface area contributed by atoms with E-state index in [1.807, 2.05) is 18.2 Å². The Balaban J connectivity index is 2.30. The van der Waals surface area contributed by atoms with E-state index in [2.05, 4.69) is 29.3 Å². The molecule has 1 aromatic carbocycles. The molecular weight excluding hydrogens is 264 g/mol. The fourth-order valence-corrected chi connectivity index (χ4v) is 3.20. The van der Waals surface area contributed by atoms with Gasteiger partial charge in [-0.05, 0) is 24.9 Å². The predicted octanol–water partition coefficient (Wildman–Crippen LogP) is 1.85. The third-order valence-electron chi connectivity index (χ3n) is 4.44. The number of nitrogens with one attached hydrogen (secondary N) is 1. The lowest BCUT2D eigenvalue weighted by atomic mass is 9.86. The maximum absolute atomic E-state index is 12.6. The smallest absolute Gasteiger partial charge is 0.326 e. The van der Waals surface area contributed by atoms with Crippen molar-refractivity contribution >= 4 is 5.97 Å². The molecule has 0 spiro atoms. The van der Waals surface area contributed by atoms with Gasteiger partial charge in [0.2, 0.25) is 0 Å². The molecule has 1 saturated heterocycles. The van der Waals surface area contributed by atoms with Gasteiger partial charge in [0, 0.05) is 26.1 Å². The van der Waals surface area contributed by atoms with Crippen molar-refractivity contribution in [3.8, 4) is 0 Å². The van der Waals surface area contributed by atoms with Crippen LogP contribution in [0.4, 0.5) is 0 Å². The maximum Gasteiger partial charge on any atom is 0.326 e. The number of rotatable bonds is 5. The molecule has 1 atom stereocenters. The highest BCUT2D eigenvalue weighted by molar-refractivity contribution is 5.81. The van der Waals surface area contributed by atoms with Crippen molar-refractivity contribution < 1.29 is 9.53 Å². The van der Waals surface area contributed by atoms with Crippen molar-refractivity contribution in [2.45, 2.75) is 31.7 Å². The molecule has 1 fully saturated rings. The zero-order valence-corrected chi connectivity index (χ0v) is 13.1. The van der Waals surface area contributed by atoms with E-state index in [4.69, 9.17) is 4.74 Å². The van der Waals surface area contributed by atoms with Gasteiger partial charge in [0.25, 0.3) is 0 Å². The largest absolute Gasteiger partial charge is 0.468 e. The van der Waals surface area contributed by atoms with Crippen LogP contribution in [0.3, 0.4) is 0 Å². The molecule has 1 heterocycles. The fourth-order valence-electron chi connectivity index (χ4n) is 3.20. The Labute approximate surface area is 127 Å². The molecule has 0 saturated carbocycles. The normalized spacial score (nSPS) is 19.5. The molecule has 1 N–H and O–H groups in total. The lowest BCUT2D eigenvalue weighted by Crippen LogP contribution is -2.57. The van der Waals surface area contributed by atoms with Gasteiger partial charge >= 0.3 is 5.97 Å². The molecular formula is C17H26N2O2. The number of methoxy groups -OCH3 is 1. The second-order valence-electron chi connectivity index (χ2n) is 5.63. The molecule has 1 aliphatic heterocycles. The SMILES string of the molecule is CCC(Cc1ccccc1)(C(=O)OC)N1CCCNCC1. The van der Waals surface area contributed by atoms with Crippen LogP contribution in [0.15, 0.2) is 30.3 Å². The van der Waals surface area contributed by atoms with Gasteiger partial charge in [-0.3, -0.25) is 9.69 Å². The molecule has 0 aliphatic carbocycles. The van der Waals surface area contributed by atoms with Crippen molar-refractivity contribution in [2.24, 2.45) is 0 Å². The number of carbonyl (C=O) groups excluding carboxylic acids is 1. The monoisotopic (exact) mass is 290 g/mol. The van der Waals surface area contributed by atoms with E-state index in [1.165, 1.54) is 12.7 Å².